The van der Waals surface area contributed by atoms with E-state index in [0.717, 1.165) is 0 Å². The van der Waals surface area contributed by atoms with E-state index in [2.05, 4.69) is 32.9 Å². The zero-order chi connectivity index (χ0) is 6.85. The quantitative estimate of drug-likeness (QED) is 0.574. The van der Waals surface area contributed by atoms with Gasteiger partial charge in [-0.1, -0.05) is 20.8 Å². The van der Waals surface area contributed by atoms with E-state index < -0.39 is 0 Å². The molecule has 1 rings (SSSR count). The molecule has 0 aromatic heterocycles. The van der Waals surface area contributed by atoms with Gasteiger partial charge in [-0.05, 0) is 0 Å². The molecule has 0 heterocycles. The van der Waals surface area contributed by atoms with Crippen LogP contribution < -0.4 is 0 Å². The van der Waals surface area contributed by atoms with Gasteiger partial charge >= 0.3 is 0 Å². The van der Waals surface area contributed by atoms with E-state index in [1.54, 1.807) is 0 Å². The second kappa shape index (κ2) is 4.25. The Morgan fingerprint density at radius 1 is 1.10 bits per heavy atom. The average molecular weight is 208 g/mol. The molecule has 0 unspecified atom stereocenters. The first-order chi connectivity index (χ1) is 4.20. The predicted octanol–water partition coefficient (Wildman–Crippen LogP) is 2.41. The first-order valence-electron chi connectivity index (χ1n) is 3.15. The van der Waals surface area contributed by atoms with Crippen molar-refractivity contribution in [1.29, 1.82) is 0 Å². The van der Waals surface area contributed by atoms with Gasteiger partial charge in [-0.3, -0.25) is 0 Å². The maximum absolute atomic E-state index is 3.14. The topological polar surface area (TPSA) is 0 Å². The molecule has 0 atom stereocenters. The summed E-state index contributed by atoms with van der Waals surface area (Å²) in [6.45, 7) is 6.29. The number of benzene rings is 1. The summed E-state index contributed by atoms with van der Waals surface area (Å²) in [5.74, 6) is 0. The monoisotopic (exact) mass is 208 g/mol. The Morgan fingerprint density at radius 3 is 2.10 bits per heavy atom. The van der Waals surface area contributed by atoms with Crippen molar-refractivity contribution in [1.82, 2.24) is 0 Å². The van der Waals surface area contributed by atoms with Gasteiger partial charge in [-0.25, -0.2) is 0 Å². The Kier molecular flexibility index (Phi) is 4.39. The molecular weight excluding hydrogens is 197 g/mol. The fourth-order valence-electron chi connectivity index (χ4n) is 0.816. The minimum atomic E-state index is 0. The van der Waals surface area contributed by atoms with Crippen molar-refractivity contribution >= 4 is 0 Å². The molecular formula is C9H11Y-. The Bertz CT molecular complexity index is 216. The van der Waals surface area contributed by atoms with Gasteiger partial charge in [-0.2, -0.15) is 34.9 Å². The predicted molar refractivity (Wildman–Crippen MR) is 39.5 cm³/mol. The number of hydrogen-bond acceptors (Lipinski definition) is 0. The van der Waals surface area contributed by atoms with E-state index in [4.69, 9.17) is 0 Å². The number of rotatable bonds is 0. The van der Waals surface area contributed by atoms with E-state index in [-0.39, 0.29) is 32.7 Å². The van der Waals surface area contributed by atoms with Gasteiger partial charge in [0.25, 0.3) is 0 Å². The molecule has 0 N–H and O–H groups in total. The second-order valence-corrected chi connectivity index (χ2v) is 2.48. The summed E-state index contributed by atoms with van der Waals surface area (Å²) >= 11 is 0. The van der Waals surface area contributed by atoms with Gasteiger partial charge in [0.05, 0.1) is 0 Å². The standard InChI is InChI=1S/C9H11.Y/c1-7-4-5-8(2)9(3)6-7;/h5-6H,1-3H3;/q-1;. The van der Waals surface area contributed by atoms with Crippen LogP contribution in [0, 0.1) is 26.8 Å². The first-order valence-corrected chi connectivity index (χ1v) is 3.15. The Labute approximate surface area is 87.9 Å². The normalized spacial score (nSPS) is 8.70. The Morgan fingerprint density at radius 2 is 1.70 bits per heavy atom. The molecule has 0 saturated carbocycles. The van der Waals surface area contributed by atoms with Crippen LogP contribution in [0.5, 0.6) is 0 Å². The number of hydrogen-bond donors (Lipinski definition) is 0. The van der Waals surface area contributed by atoms with Crippen LogP contribution in [0.1, 0.15) is 16.7 Å². The molecule has 0 aliphatic rings. The summed E-state index contributed by atoms with van der Waals surface area (Å²) in [6, 6.07) is 7.32. The van der Waals surface area contributed by atoms with Gasteiger partial charge in [0, 0.05) is 32.7 Å². The third-order valence-electron chi connectivity index (χ3n) is 1.57. The molecule has 0 saturated heterocycles. The van der Waals surface area contributed by atoms with Crippen molar-refractivity contribution < 1.29 is 32.7 Å². The van der Waals surface area contributed by atoms with Gasteiger partial charge in [0.15, 0.2) is 0 Å². The van der Waals surface area contributed by atoms with Crippen LogP contribution in [0.2, 0.25) is 0 Å². The van der Waals surface area contributed by atoms with Crippen molar-refractivity contribution in [3.05, 3.63) is 34.9 Å². The van der Waals surface area contributed by atoms with E-state index in [1.807, 2.05) is 6.07 Å². The van der Waals surface area contributed by atoms with Crippen LogP contribution in [0.3, 0.4) is 0 Å². The molecule has 0 aliphatic carbocycles. The fraction of sp³-hybridized carbons (Fsp3) is 0.333. The van der Waals surface area contributed by atoms with Crippen molar-refractivity contribution in [2.24, 2.45) is 0 Å². The maximum Gasteiger partial charge on any atom is 0 e. The Balaban J connectivity index is 0.000000810. The summed E-state index contributed by atoms with van der Waals surface area (Å²) in [7, 11) is 0. The van der Waals surface area contributed by atoms with Crippen molar-refractivity contribution in [2.75, 3.05) is 0 Å². The van der Waals surface area contributed by atoms with Gasteiger partial charge in [0.2, 0.25) is 0 Å². The molecule has 1 aromatic carbocycles. The molecule has 0 nitrogen and oxygen atoms in total. The summed E-state index contributed by atoms with van der Waals surface area (Å²) < 4.78 is 0. The summed E-state index contributed by atoms with van der Waals surface area (Å²) in [4.78, 5) is 0. The summed E-state index contributed by atoms with van der Waals surface area (Å²) in [5.41, 5.74) is 3.89. The minimum Gasteiger partial charge on any atom is -0.180 e. The van der Waals surface area contributed by atoms with Crippen LogP contribution in [0.4, 0.5) is 0 Å². The largest absolute Gasteiger partial charge is 0.180 e. The van der Waals surface area contributed by atoms with Crippen molar-refractivity contribution in [2.45, 2.75) is 20.8 Å². The van der Waals surface area contributed by atoms with Crippen LogP contribution in [0.25, 0.3) is 0 Å². The van der Waals surface area contributed by atoms with Crippen LogP contribution in [-0.4, -0.2) is 0 Å². The van der Waals surface area contributed by atoms with Crippen molar-refractivity contribution in [3.8, 4) is 0 Å². The molecule has 0 bridgehead atoms. The molecule has 51 valence electrons. The molecule has 1 aromatic rings. The third kappa shape index (κ3) is 2.52. The van der Waals surface area contributed by atoms with Gasteiger partial charge in [-0.15, -0.1) is 0 Å². The summed E-state index contributed by atoms with van der Waals surface area (Å²) in [5, 5.41) is 0. The third-order valence-corrected chi connectivity index (χ3v) is 1.57. The minimum absolute atomic E-state index is 0. The van der Waals surface area contributed by atoms with E-state index in [1.165, 1.54) is 16.7 Å². The van der Waals surface area contributed by atoms with E-state index in [0.29, 0.717) is 0 Å². The molecule has 0 amide bonds. The molecule has 0 fully saturated rings. The van der Waals surface area contributed by atoms with Crippen LogP contribution in [0.15, 0.2) is 12.1 Å². The zero-order valence-electron chi connectivity index (χ0n) is 6.73. The molecule has 1 heteroatoms. The van der Waals surface area contributed by atoms with E-state index >= 15 is 0 Å². The first kappa shape index (κ1) is 10.3. The second-order valence-electron chi connectivity index (χ2n) is 2.48. The van der Waals surface area contributed by atoms with E-state index in [9.17, 15) is 0 Å². The fourth-order valence-corrected chi connectivity index (χ4v) is 0.816. The SMILES string of the molecule is Cc1[c-]cc(C)c(C)c1.[Y]. The molecule has 0 spiro atoms. The molecule has 0 aliphatic heterocycles. The smallest absolute Gasteiger partial charge is 0 e. The number of aryl methyl sites for hydroxylation is 3. The van der Waals surface area contributed by atoms with Gasteiger partial charge in [0.1, 0.15) is 0 Å². The maximum atomic E-state index is 3.14. The Hall–Kier alpha value is 0.324. The average Bonchev–Trinajstić information content (AvgIpc) is 1.80. The summed E-state index contributed by atoms with van der Waals surface area (Å²) in [6.07, 6.45) is 0. The zero-order valence-corrected chi connectivity index (χ0v) is 9.57. The van der Waals surface area contributed by atoms with Crippen LogP contribution >= 0.6 is 0 Å². The van der Waals surface area contributed by atoms with Crippen LogP contribution in [-0.2, 0) is 32.7 Å². The van der Waals surface area contributed by atoms with Gasteiger partial charge < -0.3 is 0 Å². The molecule has 10 heavy (non-hydrogen) atoms. The van der Waals surface area contributed by atoms with Crippen molar-refractivity contribution in [3.63, 3.8) is 0 Å². The molecule has 1 radical (unpaired) electrons.